The summed E-state index contributed by atoms with van der Waals surface area (Å²) in [5.41, 5.74) is 1.95. The fourth-order valence-corrected chi connectivity index (χ4v) is 1.91. The molecule has 0 saturated carbocycles. The maximum absolute atomic E-state index is 13.0. The van der Waals surface area contributed by atoms with E-state index in [1.54, 1.807) is 6.07 Å². The van der Waals surface area contributed by atoms with Crippen LogP contribution < -0.4 is 5.32 Å². The molecule has 2 aromatic rings. The largest absolute Gasteiger partial charge is 0.322 e. The normalized spacial score (nSPS) is 10.2. The van der Waals surface area contributed by atoms with Gasteiger partial charge in [0.15, 0.2) is 0 Å². The Balaban J connectivity index is 2.24. The van der Waals surface area contributed by atoms with E-state index in [1.807, 2.05) is 25.1 Å². The molecule has 2 nitrogen and oxygen atoms in total. The smallest absolute Gasteiger partial charge is 0.255 e. The van der Waals surface area contributed by atoms with Crippen LogP contribution in [0.3, 0.4) is 0 Å². The van der Waals surface area contributed by atoms with Crippen molar-refractivity contribution in [3.05, 3.63) is 63.9 Å². The molecule has 0 aliphatic rings. The lowest BCUT2D eigenvalue weighted by Crippen LogP contribution is -2.12. The van der Waals surface area contributed by atoms with E-state index in [9.17, 15) is 9.18 Å². The topological polar surface area (TPSA) is 29.1 Å². The van der Waals surface area contributed by atoms with E-state index in [4.69, 9.17) is 0 Å². The Bertz CT molecular complexity index is 598. The fourth-order valence-electron chi connectivity index (χ4n) is 1.55. The molecular formula is C14H11BrFNO. The second kappa shape index (κ2) is 5.31. The molecule has 0 fully saturated rings. The summed E-state index contributed by atoms with van der Waals surface area (Å²) >= 11 is 3.34. The van der Waals surface area contributed by atoms with Crippen molar-refractivity contribution in [1.82, 2.24) is 0 Å². The Morgan fingerprint density at radius 1 is 1.22 bits per heavy atom. The van der Waals surface area contributed by atoms with Crippen LogP contribution in [0.2, 0.25) is 0 Å². The van der Waals surface area contributed by atoms with Crippen LogP contribution in [0.4, 0.5) is 10.1 Å². The fraction of sp³-hybridized carbons (Fsp3) is 0.0714. The molecule has 0 radical (unpaired) electrons. The molecule has 92 valence electrons. The van der Waals surface area contributed by atoms with E-state index >= 15 is 0 Å². The highest BCUT2D eigenvalue weighted by Crippen LogP contribution is 2.21. The first-order chi connectivity index (χ1) is 8.56. The lowest BCUT2D eigenvalue weighted by atomic mass is 10.1. The van der Waals surface area contributed by atoms with Crippen LogP contribution in [-0.4, -0.2) is 5.91 Å². The van der Waals surface area contributed by atoms with E-state index in [-0.39, 0.29) is 5.91 Å². The summed E-state index contributed by atoms with van der Waals surface area (Å²) in [4.78, 5) is 11.9. The average molecular weight is 308 g/mol. The number of carbonyl (C=O) groups is 1. The summed E-state index contributed by atoms with van der Waals surface area (Å²) in [6.07, 6.45) is 0. The van der Waals surface area contributed by atoms with Gasteiger partial charge in [-0.05, 0) is 42.8 Å². The third-order valence-electron chi connectivity index (χ3n) is 2.53. The van der Waals surface area contributed by atoms with Crippen molar-refractivity contribution >= 4 is 27.5 Å². The van der Waals surface area contributed by atoms with E-state index in [2.05, 4.69) is 21.2 Å². The standard InChI is InChI=1S/C14H11BrFNO/c1-9-5-6-11(15)8-13(9)17-14(18)10-3-2-4-12(16)7-10/h2-8H,1H3,(H,17,18). The summed E-state index contributed by atoms with van der Waals surface area (Å²) in [6.45, 7) is 1.90. The molecule has 1 amide bonds. The SMILES string of the molecule is Cc1ccc(Br)cc1NC(=O)c1cccc(F)c1. The molecule has 0 heterocycles. The average Bonchev–Trinajstić information content (AvgIpc) is 2.34. The number of hydrogen-bond acceptors (Lipinski definition) is 1. The summed E-state index contributed by atoms with van der Waals surface area (Å²) in [7, 11) is 0. The molecule has 2 rings (SSSR count). The van der Waals surface area contributed by atoms with Crippen molar-refractivity contribution in [2.45, 2.75) is 6.92 Å². The minimum atomic E-state index is -0.423. The van der Waals surface area contributed by atoms with Crippen molar-refractivity contribution < 1.29 is 9.18 Å². The summed E-state index contributed by atoms with van der Waals surface area (Å²) in [6, 6.07) is 11.2. The van der Waals surface area contributed by atoms with Gasteiger partial charge in [-0.1, -0.05) is 28.1 Å². The van der Waals surface area contributed by atoms with Gasteiger partial charge in [0.2, 0.25) is 0 Å². The van der Waals surface area contributed by atoms with Crippen LogP contribution >= 0.6 is 15.9 Å². The number of amides is 1. The number of benzene rings is 2. The Labute approximate surface area is 113 Å². The predicted octanol–water partition coefficient (Wildman–Crippen LogP) is 4.15. The number of carbonyl (C=O) groups excluding carboxylic acids is 1. The van der Waals surface area contributed by atoms with Crippen LogP contribution in [0, 0.1) is 12.7 Å². The number of nitrogens with one attached hydrogen (secondary N) is 1. The van der Waals surface area contributed by atoms with Crippen molar-refractivity contribution in [3.8, 4) is 0 Å². The molecule has 0 aliphatic heterocycles. The maximum atomic E-state index is 13.0. The van der Waals surface area contributed by atoms with Gasteiger partial charge in [-0.15, -0.1) is 0 Å². The minimum Gasteiger partial charge on any atom is -0.322 e. The van der Waals surface area contributed by atoms with Gasteiger partial charge in [0.1, 0.15) is 5.82 Å². The highest BCUT2D eigenvalue weighted by atomic mass is 79.9. The molecule has 0 atom stereocenters. The van der Waals surface area contributed by atoms with Gasteiger partial charge in [0.25, 0.3) is 5.91 Å². The number of hydrogen-bond donors (Lipinski definition) is 1. The molecule has 0 spiro atoms. The second-order valence-corrected chi connectivity index (χ2v) is 4.84. The van der Waals surface area contributed by atoms with Crippen LogP contribution in [0.1, 0.15) is 15.9 Å². The second-order valence-electron chi connectivity index (χ2n) is 3.92. The monoisotopic (exact) mass is 307 g/mol. The Hall–Kier alpha value is -1.68. The lowest BCUT2D eigenvalue weighted by molar-refractivity contribution is 0.102. The quantitative estimate of drug-likeness (QED) is 0.887. The molecule has 2 aromatic carbocycles. The van der Waals surface area contributed by atoms with Gasteiger partial charge >= 0.3 is 0 Å². The van der Waals surface area contributed by atoms with Gasteiger partial charge in [0, 0.05) is 15.7 Å². The van der Waals surface area contributed by atoms with Crippen LogP contribution in [0.15, 0.2) is 46.9 Å². The van der Waals surface area contributed by atoms with E-state index in [0.717, 1.165) is 10.0 Å². The number of rotatable bonds is 2. The highest BCUT2D eigenvalue weighted by molar-refractivity contribution is 9.10. The first-order valence-electron chi connectivity index (χ1n) is 5.39. The molecule has 1 N–H and O–H groups in total. The molecule has 0 aliphatic carbocycles. The lowest BCUT2D eigenvalue weighted by Gasteiger charge is -2.09. The van der Waals surface area contributed by atoms with Gasteiger partial charge in [-0.2, -0.15) is 0 Å². The van der Waals surface area contributed by atoms with E-state index in [0.29, 0.717) is 11.3 Å². The van der Waals surface area contributed by atoms with E-state index in [1.165, 1.54) is 18.2 Å². The Morgan fingerprint density at radius 3 is 2.72 bits per heavy atom. The summed E-state index contributed by atoms with van der Waals surface area (Å²) in [5, 5.41) is 2.76. The van der Waals surface area contributed by atoms with Gasteiger partial charge in [0.05, 0.1) is 0 Å². The van der Waals surface area contributed by atoms with Crippen molar-refractivity contribution in [1.29, 1.82) is 0 Å². The van der Waals surface area contributed by atoms with Gasteiger partial charge in [-0.25, -0.2) is 4.39 Å². The van der Waals surface area contributed by atoms with Gasteiger partial charge in [-0.3, -0.25) is 4.79 Å². The first kappa shape index (κ1) is 12.8. The predicted molar refractivity (Wildman–Crippen MR) is 73.2 cm³/mol. The molecule has 18 heavy (non-hydrogen) atoms. The maximum Gasteiger partial charge on any atom is 0.255 e. The van der Waals surface area contributed by atoms with Crippen molar-refractivity contribution in [2.24, 2.45) is 0 Å². The molecule has 0 aromatic heterocycles. The van der Waals surface area contributed by atoms with Crippen molar-refractivity contribution in [2.75, 3.05) is 5.32 Å². The Kier molecular flexibility index (Phi) is 3.77. The molecule has 0 unspecified atom stereocenters. The minimum absolute atomic E-state index is 0.300. The Morgan fingerprint density at radius 2 is 2.00 bits per heavy atom. The molecule has 0 bridgehead atoms. The van der Waals surface area contributed by atoms with Gasteiger partial charge < -0.3 is 5.32 Å². The molecular weight excluding hydrogens is 297 g/mol. The van der Waals surface area contributed by atoms with Crippen LogP contribution in [0.25, 0.3) is 0 Å². The van der Waals surface area contributed by atoms with Crippen molar-refractivity contribution in [3.63, 3.8) is 0 Å². The zero-order chi connectivity index (χ0) is 13.1. The third kappa shape index (κ3) is 2.96. The first-order valence-corrected chi connectivity index (χ1v) is 6.18. The zero-order valence-electron chi connectivity index (χ0n) is 9.71. The third-order valence-corrected chi connectivity index (χ3v) is 3.03. The molecule has 0 saturated heterocycles. The van der Waals surface area contributed by atoms with E-state index < -0.39 is 5.82 Å². The van der Waals surface area contributed by atoms with Crippen LogP contribution in [0.5, 0.6) is 0 Å². The highest BCUT2D eigenvalue weighted by Gasteiger charge is 2.08. The van der Waals surface area contributed by atoms with Crippen LogP contribution in [-0.2, 0) is 0 Å². The number of anilines is 1. The number of halogens is 2. The summed E-state index contributed by atoms with van der Waals surface area (Å²) in [5.74, 6) is -0.746. The summed E-state index contributed by atoms with van der Waals surface area (Å²) < 4.78 is 13.9. The zero-order valence-corrected chi connectivity index (χ0v) is 11.3. The number of aryl methyl sites for hydroxylation is 1. The molecule has 4 heteroatoms.